The maximum atomic E-state index is 11.8. The van der Waals surface area contributed by atoms with Crippen molar-refractivity contribution in [3.63, 3.8) is 0 Å². The molecule has 4 heteroatoms. The summed E-state index contributed by atoms with van der Waals surface area (Å²) >= 11 is 0. The van der Waals surface area contributed by atoms with Crippen LogP contribution in [0.25, 0.3) is 0 Å². The van der Waals surface area contributed by atoms with E-state index >= 15 is 0 Å². The van der Waals surface area contributed by atoms with Gasteiger partial charge in [-0.15, -0.1) is 0 Å². The minimum atomic E-state index is -0.991. The Kier molecular flexibility index (Phi) is 6.70. The lowest BCUT2D eigenvalue weighted by atomic mass is 10.0. The van der Waals surface area contributed by atoms with E-state index in [-0.39, 0.29) is 5.92 Å². The van der Waals surface area contributed by atoms with Crippen molar-refractivity contribution in [1.82, 2.24) is 0 Å². The van der Waals surface area contributed by atoms with Crippen LogP contribution in [0.1, 0.15) is 34.6 Å². The van der Waals surface area contributed by atoms with Crippen LogP contribution in [0.3, 0.4) is 0 Å². The van der Waals surface area contributed by atoms with E-state index in [0.29, 0.717) is 11.1 Å². The third-order valence-corrected chi connectivity index (χ3v) is 2.75. The van der Waals surface area contributed by atoms with Crippen molar-refractivity contribution in [2.45, 2.75) is 13.8 Å². The molecule has 0 aliphatic carbocycles. The summed E-state index contributed by atoms with van der Waals surface area (Å²) in [6, 6.07) is 17.2. The van der Waals surface area contributed by atoms with Crippen LogP contribution in [0, 0.1) is 5.92 Å². The lowest BCUT2D eigenvalue weighted by molar-refractivity contribution is -0.310. The second-order valence-electron chi connectivity index (χ2n) is 4.86. The van der Waals surface area contributed by atoms with E-state index in [1.807, 2.05) is 12.1 Å². The van der Waals surface area contributed by atoms with Gasteiger partial charge in [0.05, 0.1) is 0 Å². The van der Waals surface area contributed by atoms with Gasteiger partial charge < -0.3 is 9.90 Å². The highest BCUT2D eigenvalue weighted by Crippen LogP contribution is 2.07. The molecule has 4 nitrogen and oxygen atoms in total. The number of carbonyl (C=O) groups excluding carboxylic acids is 3. The van der Waals surface area contributed by atoms with E-state index in [2.05, 4.69) is 0 Å². The molecular weight excluding hydrogens is 280 g/mol. The number of carboxylic acids is 1. The van der Waals surface area contributed by atoms with E-state index in [4.69, 9.17) is 0 Å². The first kappa shape index (κ1) is 17.3. The number of hydrogen-bond donors (Lipinski definition) is 0. The summed E-state index contributed by atoms with van der Waals surface area (Å²) in [5.74, 6) is -2.27. The number of aliphatic carboxylic acids is 1. The number of Topliss-reactive ketones (excluding diaryl/α,β-unsaturated/α-hetero) is 2. The first-order chi connectivity index (χ1) is 10.4. The van der Waals surface area contributed by atoms with Crippen molar-refractivity contribution in [3.8, 4) is 0 Å². The topological polar surface area (TPSA) is 74.3 Å². The van der Waals surface area contributed by atoms with Crippen LogP contribution in [0.5, 0.6) is 0 Å². The Morgan fingerprint density at radius 1 is 0.727 bits per heavy atom. The molecule has 2 rings (SSSR count). The van der Waals surface area contributed by atoms with Crippen LogP contribution in [0.15, 0.2) is 60.7 Å². The zero-order valence-corrected chi connectivity index (χ0v) is 12.5. The molecule has 0 aliphatic rings. The molecule has 0 saturated carbocycles. The number of rotatable bonds is 4. The summed E-state index contributed by atoms with van der Waals surface area (Å²) in [6.45, 7) is 3.16. The normalized spacial score (nSPS) is 9.59. The van der Waals surface area contributed by atoms with Crippen LogP contribution in [0.4, 0.5) is 0 Å². The third kappa shape index (κ3) is 5.32. The molecule has 0 atom stereocenters. The Morgan fingerprint density at radius 3 is 1.23 bits per heavy atom. The SMILES string of the molecule is CC(C)C(=O)[O-].O=C(C(=O)c1ccccc1)c1ccccc1. The average Bonchev–Trinajstić information content (AvgIpc) is 2.55. The zero-order valence-electron chi connectivity index (χ0n) is 12.5. The predicted molar refractivity (Wildman–Crippen MR) is 81.4 cm³/mol. The molecule has 0 bridgehead atoms. The van der Waals surface area contributed by atoms with Gasteiger partial charge in [-0.05, 0) is 5.92 Å². The molecule has 2 aromatic carbocycles. The van der Waals surface area contributed by atoms with Gasteiger partial charge in [-0.3, -0.25) is 9.59 Å². The molecule has 0 radical (unpaired) electrons. The quantitative estimate of drug-likeness (QED) is 0.640. The summed E-state index contributed by atoms with van der Waals surface area (Å²) < 4.78 is 0. The first-order valence-corrected chi connectivity index (χ1v) is 6.83. The Labute approximate surface area is 129 Å². The van der Waals surface area contributed by atoms with Crippen LogP contribution >= 0.6 is 0 Å². The van der Waals surface area contributed by atoms with E-state index in [1.54, 1.807) is 62.4 Å². The lowest BCUT2D eigenvalue weighted by Crippen LogP contribution is -2.27. The third-order valence-electron chi connectivity index (χ3n) is 2.75. The van der Waals surface area contributed by atoms with E-state index < -0.39 is 17.5 Å². The molecular formula is C18H17O4-. The van der Waals surface area contributed by atoms with Gasteiger partial charge in [-0.25, -0.2) is 0 Å². The van der Waals surface area contributed by atoms with Crippen LogP contribution in [-0.4, -0.2) is 17.5 Å². The van der Waals surface area contributed by atoms with Gasteiger partial charge in [0.25, 0.3) is 0 Å². The standard InChI is InChI=1S/C14H10O2.C4H8O2/c15-13(11-7-3-1-4-8-11)14(16)12-9-5-2-6-10-12;1-3(2)4(5)6/h1-10H;3H,1-2H3,(H,5,6)/p-1. The van der Waals surface area contributed by atoms with Gasteiger partial charge in [0.2, 0.25) is 11.6 Å². The Hall–Kier alpha value is -2.75. The summed E-state index contributed by atoms with van der Waals surface area (Å²) in [7, 11) is 0. The molecule has 0 N–H and O–H groups in total. The van der Waals surface area contributed by atoms with E-state index in [9.17, 15) is 19.5 Å². The lowest BCUT2D eigenvalue weighted by Gasteiger charge is -2.01. The van der Waals surface area contributed by atoms with Crippen LogP contribution in [0.2, 0.25) is 0 Å². The highest BCUT2D eigenvalue weighted by atomic mass is 16.4. The molecule has 0 aromatic heterocycles. The highest BCUT2D eigenvalue weighted by molar-refractivity contribution is 6.49. The molecule has 2 aromatic rings. The second kappa shape index (κ2) is 8.52. The van der Waals surface area contributed by atoms with Crippen LogP contribution < -0.4 is 5.11 Å². The largest absolute Gasteiger partial charge is 0.550 e. The summed E-state index contributed by atoms with van der Waals surface area (Å²) in [5.41, 5.74) is 0.854. The van der Waals surface area contributed by atoms with Gasteiger partial charge >= 0.3 is 0 Å². The fraction of sp³-hybridized carbons (Fsp3) is 0.167. The maximum Gasteiger partial charge on any atom is 0.233 e. The molecule has 22 heavy (non-hydrogen) atoms. The second-order valence-corrected chi connectivity index (χ2v) is 4.86. The van der Waals surface area contributed by atoms with Crippen molar-refractivity contribution >= 4 is 17.5 Å². The summed E-state index contributed by atoms with van der Waals surface area (Å²) in [6.07, 6.45) is 0. The average molecular weight is 297 g/mol. The molecule has 0 unspecified atom stereocenters. The number of ketones is 2. The number of carbonyl (C=O) groups is 3. The monoisotopic (exact) mass is 297 g/mol. The fourth-order valence-corrected chi connectivity index (χ4v) is 1.44. The predicted octanol–water partition coefficient (Wildman–Crippen LogP) is 2.14. The van der Waals surface area contributed by atoms with Gasteiger partial charge in [-0.2, -0.15) is 0 Å². The first-order valence-electron chi connectivity index (χ1n) is 6.83. The molecule has 0 spiro atoms. The van der Waals surface area contributed by atoms with Crippen molar-refractivity contribution in [1.29, 1.82) is 0 Å². The zero-order chi connectivity index (χ0) is 16.5. The molecule has 114 valence electrons. The highest BCUT2D eigenvalue weighted by Gasteiger charge is 2.16. The van der Waals surface area contributed by atoms with Gasteiger partial charge in [-0.1, -0.05) is 74.5 Å². The summed E-state index contributed by atoms with van der Waals surface area (Å²) in [4.78, 5) is 33.2. The van der Waals surface area contributed by atoms with Crippen molar-refractivity contribution in [2.75, 3.05) is 0 Å². The van der Waals surface area contributed by atoms with Gasteiger partial charge in [0.1, 0.15) is 0 Å². The molecule has 0 heterocycles. The minimum Gasteiger partial charge on any atom is -0.550 e. The van der Waals surface area contributed by atoms with E-state index in [0.717, 1.165) is 0 Å². The van der Waals surface area contributed by atoms with Gasteiger partial charge in [0, 0.05) is 17.1 Å². The Bertz CT molecular complexity index is 581. The maximum absolute atomic E-state index is 11.8. The molecule has 0 amide bonds. The minimum absolute atomic E-state index is 0.343. The van der Waals surface area contributed by atoms with Gasteiger partial charge in [0.15, 0.2) is 0 Å². The van der Waals surface area contributed by atoms with Crippen molar-refractivity contribution < 1.29 is 19.5 Å². The van der Waals surface area contributed by atoms with Crippen molar-refractivity contribution in [3.05, 3.63) is 71.8 Å². The molecule has 0 saturated heterocycles. The Morgan fingerprint density at radius 2 is 1.00 bits per heavy atom. The number of carboxylic acid groups (broad SMARTS) is 1. The van der Waals surface area contributed by atoms with E-state index in [1.165, 1.54) is 0 Å². The number of benzene rings is 2. The number of hydrogen-bond acceptors (Lipinski definition) is 4. The Balaban J connectivity index is 0.000000346. The fourth-order valence-electron chi connectivity index (χ4n) is 1.44. The molecule has 0 fully saturated rings. The molecule has 0 aliphatic heterocycles. The smallest absolute Gasteiger partial charge is 0.233 e. The van der Waals surface area contributed by atoms with Crippen molar-refractivity contribution in [2.24, 2.45) is 5.92 Å². The summed E-state index contributed by atoms with van der Waals surface area (Å²) in [5, 5.41) is 9.59. The van der Waals surface area contributed by atoms with Crippen LogP contribution in [-0.2, 0) is 4.79 Å².